The summed E-state index contributed by atoms with van der Waals surface area (Å²) in [6, 6.07) is 8.48. The van der Waals surface area contributed by atoms with E-state index in [2.05, 4.69) is 4.52 Å². The van der Waals surface area contributed by atoms with E-state index in [1.165, 1.54) is 7.11 Å². The molecule has 0 saturated heterocycles. The first kappa shape index (κ1) is 9.26. The molecule has 5 heteroatoms. The molecule has 1 unspecified atom stereocenters. The predicted molar refractivity (Wildman–Crippen MR) is 45.3 cm³/mol. The summed E-state index contributed by atoms with van der Waals surface area (Å²) in [7, 11) is -2.47. The first-order valence-electron chi connectivity index (χ1n) is 3.29. The summed E-state index contributed by atoms with van der Waals surface area (Å²) in [6.07, 6.45) is 0. The van der Waals surface area contributed by atoms with Crippen molar-refractivity contribution in [2.75, 3.05) is 7.11 Å². The number of hydrogen-bond acceptors (Lipinski definition) is 3. The molecule has 12 heavy (non-hydrogen) atoms. The van der Waals surface area contributed by atoms with Crippen molar-refractivity contribution in [2.24, 2.45) is 0 Å². The molecule has 0 amide bonds. The Morgan fingerprint density at radius 2 is 1.92 bits per heavy atom. The van der Waals surface area contributed by atoms with Crippen molar-refractivity contribution < 1.29 is 18.5 Å². The lowest BCUT2D eigenvalue weighted by Crippen LogP contribution is -1.92. The highest BCUT2D eigenvalue weighted by Gasteiger charge is 2.28. The van der Waals surface area contributed by atoms with Gasteiger partial charge in [0.2, 0.25) is 0 Å². The first-order valence-corrected chi connectivity index (χ1v) is 4.84. The smallest absolute Gasteiger partial charge is 0.366 e. The molecule has 0 radical (unpaired) electrons. The summed E-state index contributed by atoms with van der Waals surface area (Å²) >= 11 is 0. The number of rotatable bonds is 3. The molecular formula is C7H10O4P+. The van der Waals surface area contributed by atoms with Gasteiger partial charge in [0.05, 0.1) is 7.11 Å². The zero-order valence-electron chi connectivity index (χ0n) is 6.56. The molecule has 1 aromatic carbocycles. The summed E-state index contributed by atoms with van der Waals surface area (Å²) in [4.78, 5) is 7.02. The van der Waals surface area contributed by atoms with Gasteiger partial charge in [-0.3, -0.25) is 0 Å². The summed E-state index contributed by atoms with van der Waals surface area (Å²) in [6.45, 7) is 0. The normalized spacial score (nSPS) is 15.2. The van der Waals surface area contributed by atoms with E-state index in [4.69, 9.17) is 9.42 Å². The lowest BCUT2D eigenvalue weighted by Gasteiger charge is -2.04. The van der Waals surface area contributed by atoms with Crippen LogP contribution in [-0.2, 0) is 9.09 Å². The zero-order chi connectivity index (χ0) is 9.03. The summed E-state index contributed by atoms with van der Waals surface area (Å²) in [5.74, 6) is 0.373. The van der Waals surface area contributed by atoms with Crippen molar-refractivity contribution in [3.63, 3.8) is 0 Å². The van der Waals surface area contributed by atoms with Crippen LogP contribution in [0.4, 0.5) is 0 Å². The van der Waals surface area contributed by atoms with E-state index in [1.54, 1.807) is 30.3 Å². The second-order valence-electron chi connectivity index (χ2n) is 2.08. The van der Waals surface area contributed by atoms with Crippen LogP contribution < -0.4 is 4.52 Å². The van der Waals surface area contributed by atoms with Crippen molar-refractivity contribution in [2.45, 2.75) is 0 Å². The van der Waals surface area contributed by atoms with Crippen LogP contribution in [0, 0.1) is 0 Å². The van der Waals surface area contributed by atoms with Crippen LogP contribution in [-0.4, -0.2) is 12.0 Å². The Kier molecular flexibility index (Phi) is 2.87. The van der Waals surface area contributed by atoms with Gasteiger partial charge >= 0.3 is 7.82 Å². The molecule has 1 atom stereocenters. The van der Waals surface area contributed by atoms with E-state index in [0.29, 0.717) is 5.75 Å². The lowest BCUT2D eigenvalue weighted by atomic mass is 10.3. The predicted octanol–water partition coefficient (Wildman–Crippen LogP) is 1.54. The molecule has 2 N–H and O–H groups in total. The molecule has 0 aliphatic heterocycles. The summed E-state index contributed by atoms with van der Waals surface area (Å²) in [5.41, 5.74) is 0. The van der Waals surface area contributed by atoms with E-state index in [9.17, 15) is 4.57 Å². The fraction of sp³-hybridized carbons (Fsp3) is 0.143. The molecule has 4 nitrogen and oxygen atoms in total. The highest BCUT2D eigenvalue weighted by atomic mass is 31.2. The topological polar surface area (TPSA) is 58.4 Å². The third kappa shape index (κ3) is 2.66. The molecule has 0 saturated carbocycles. The standard InChI is InChI=1S/C7H9O4P/c1-10-12(8,9)11-7-5-3-2-4-6-7/h2-6H,1H3,(H,8,9)/p+1. The second kappa shape index (κ2) is 3.72. The van der Waals surface area contributed by atoms with Gasteiger partial charge < -0.3 is 9.42 Å². The molecular weight excluding hydrogens is 179 g/mol. The van der Waals surface area contributed by atoms with Crippen molar-refractivity contribution in [1.29, 1.82) is 0 Å². The van der Waals surface area contributed by atoms with Crippen molar-refractivity contribution in [3.8, 4) is 5.75 Å². The van der Waals surface area contributed by atoms with Crippen LogP contribution in [0.1, 0.15) is 0 Å². The van der Waals surface area contributed by atoms with Gasteiger partial charge in [0, 0.05) is 0 Å². The van der Waals surface area contributed by atoms with E-state index in [1.807, 2.05) is 0 Å². The third-order valence-corrected chi connectivity index (χ3v) is 2.14. The average Bonchev–Trinajstić information content (AvgIpc) is 2.06. The van der Waals surface area contributed by atoms with Gasteiger partial charge in [-0.05, 0) is 12.1 Å². The Morgan fingerprint density at radius 1 is 1.33 bits per heavy atom. The highest BCUT2D eigenvalue weighted by Crippen LogP contribution is 2.42. The minimum absolute atomic E-state index is 0.373. The van der Waals surface area contributed by atoms with Gasteiger partial charge in [0.1, 0.15) is 5.75 Å². The van der Waals surface area contributed by atoms with E-state index < -0.39 is 7.82 Å². The Bertz CT molecular complexity index is 285. The van der Waals surface area contributed by atoms with Crippen LogP contribution in [0.25, 0.3) is 0 Å². The Labute approximate surface area is 70.4 Å². The lowest BCUT2D eigenvalue weighted by molar-refractivity contribution is 0.243. The molecule has 0 bridgehead atoms. The Balaban J connectivity index is 2.71. The van der Waals surface area contributed by atoms with Gasteiger partial charge in [-0.2, -0.15) is 4.57 Å². The number of para-hydroxylation sites is 1. The fourth-order valence-corrected chi connectivity index (χ4v) is 1.13. The maximum Gasteiger partial charge on any atom is 0.692 e. The third-order valence-electron chi connectivity index (χ3n) is 1.21. The van der Waals surface area contributed by atoms with Gasteiger partial charge in [0.25, 0.3) is 0 Å². The minimum atomic E-state index is -3.65. The SMILES string of the molecule is COP(=O)([OH2+])Oc1ccccc1. The van der Waals surface area contributed by atoms with Crippen LogP contribution in [0.15, 0.2) is 30.3 Å². The average molecular weight is 189 g/mol. The van der Waals surface area contributed by atoms with Crippen LogP contribution >= 0.6 is 7.82 Å². The first-order chi connectivity index (χ1) is 5.64. The van der Waals surface area contributed by atoms with Crippen LogP contribution in [0.5, 0.6) is 5.75 Å². The minimum Gasteiger partial charge on any atom is -0.366 e. The van der Waals surface area contributed by atoms with E-state index in [0.717, 1.165) is 0 Å². The van der Waals surface area contributed by atoms with Gasteiger partial charge in [-0.1, -0.05) is 18.2 Å². The Morgan fingerprint density at radius 3 is 2.42 bits per heavy atom. The van der Waals surface area contributed by atoms with Crippen LogP contribution in [0.3, 0.4) is 0 Å². The largest absolute Gasteiger partial charge is 0.692 e. The highest BCUT2D eigenvalue weighted by molar-refractivity contribution is 7.47. The monoisotopic (exact) mass is 189 g/mol. The van der Waals surface area contributed by atoms with Gasteiger partial charge in [0.15, 0.2) is 0 Å². The number of hydrogen-bond donors (Lipinski definition) is 0. The molecule has 0 aromatic heterocycles. The zero-order valence-corrected chi connectivity index (χ0v) is 7.45. The van der Waals surface area contributed by atoms with E-state index in [-0.39, 0.29) is 0 Å². The summed E-state index contributed by atoms with van der Waals surface area (Å²) < 4.78 is 20.1. The van der Waals surface area contributed by atoms with Crippen molar-refractivity contribution in [3.05, 3.63) is 30.3 Å². The second-order valence-corrected chi connectivity index (χ2v) is 3.63. The number of benzene rings is 1. The van der Waals surface area contributed by atoms with Crippen LogP contribution in [0.2, 0.25) is 0 Å². The molecule has 1 aromatic rings. The van der Waals surface area contributed by atoms with Crippen molar-refractivity contribution >= 4 is 7.82 Å². The fourth-order valence-electron chi connectivity index (χ4n) is 0.657. The summed E-state index contributed by atoms with van der Waals surface area (Å²) in [5, 5.41) is 0. The molecule has 0 aliphatic carbocycles. The molecule has 0 aliphatic rings. The van der Waals surface area contributed by atoms with Crippen molar-refractivity contribution in [1.82, 2.24) is 0 Å². The van der Waals surface area contributed by atoms with E-state index >= 15 is 0 Å². The molecule has 1 rings (SSSR count). The quantitative estimate of drug-likeness (QED) is 0.535. The molecule has 0 spiro atoms. The van der Waals surface area contributed by atoms with Gasteiger partial charge in [-0.15, -0.1) is 0 Å². The van der Waals surface area contributed by atoms with Gasteiger partial charge in [-0.25, -0.2) is 4.52 Å². The maximum atomic E-state index is 11.0. The Hall–Kier alpha value is -0.830. The molecule has 0 heterocycles. The molecule has 66 valence electrons. The maximum absolute atomic E-state index is 11.0. The molecule has 0 fully saturated rings.